The first-order valence-electron chi connectivity index (χ1n) is 6.32. The van der Waals surface area contributed by atoms with Gasteiger partial charge in [0.2, 0.25) is 0 Å². The van der Waals surface area contributed by atoms with Crippen LogP contribution in [0.4, 0.5) is 28.9 Å². The highest BCUT2D eigenvalue weighted by Gasteiger charge is 2.30. The first kappa shape index (κ1) is 15.2. The van der Waals surface area contributed by atoms with Gasteiger partial charge in [-0.1, -0.05) is 18.2 Å². The molecule has 0 saturated heterocycles. The zero-order chi connectivity index (χ0) is 15.5. The fourth-order valence-corrected chi connectivity index (χ4v) is 1.93. The molecular weight excluding hydrogens is 284 g/mol. The number of alkyl halides is 3. The highest BCUT2D eigenvalue weighted by atomic mass is 19.4. The monoisotopic (exact) mass is 298 g/mol. The lowest BCUT2D eigenvalue weighted by atomic mass is 10.1. The summed E-state index contributed by atoms with van der Waals surface area (Å²) in [4.78, 5) is 0. The number of hydrogen-bond donors (Lipinski definition) is 2. The van der Waals surface area contributed by atoms with E-state index in [1.807, 2.05) is 0 Å². The van der Waals surface area contributed by atoms with Crippen LogP contribution in [0.5, 0.6) is 0 Å². The minimum absolute atomic E-state index is 0.0124. The summed E-state index contributed by atoms with van der Waals surface area (Å²) in [7, 11) is 0. The van der Waals surface area contributed by atoms with E-state index in [-0.39, 0.29) is 11.5 Å². The zero-order valence-electron chi connectivity index (χ0n) is 11.0. The molecule has 0 bridgehead atoms. The zero-order valence-corrected chi connectivity index (χ0v) is 11.0. The number of halogens is 4. The highest BCUT2D eigenvalue weighted by Crippen LogP contribution is 2.32. The number of hydrogen-bond acceptors (Lipinski definition) is 2. The average Bonchev–Trinajstić information content (AvgIpc) is 2.41. The van der Waals surface area contributed by atoms with Crippen molar-refractivity contribution in [2.24, 2.45) is 0 Å². The van der Waals surface area contributed by atoms with E-state index in [9.17, 15) is 17.6 Å². The molecule has 0 atom stereocenters. The molecule has 2 aromatic rings. The Morgan fingerprint density at radius 1 is 1.05 bits per heavy atom. The van der Waals surface area contributed by atoms with Crippen LogP contribution in [0.15, 0.2) is 42.5 Å². The summed E-state index contributed by atoms with van der Waals surface area (Å²) in [5, 5.41) is 2.91. The van der Waals surface area contributed by atoms with Crippen molar-refractivity contribution < 1.29 is 17.6 Å². The molecule has 0 radical (unpaired) electrons. The summed E-state index contributed by atoms with van der Waals surface area (Å²) < 4.78 is 50.9. The molecule has 0 aliphatic carbocycles. The lowest BCUT2D eigenvalue weighted by Gasteiger charge is -2.12. The Morgan fingerprint density at radius 3 is 2.38 bits per heavy atom. The van der Waals surface area contributed by atoms with Crippen molar-refractivity contribution in [2.75, 3.05) is 17.6 Å². The van der Waals surface area contributed by atoms with E-state index in [0.717, 1.165) is 12.1 Å². The van der Waals surface area contributed by atoms with Crippen LogP contribution in [-0.4, -0.2) is 6.54 Å². The molecule has 2 aromatic carbocycles. The van der Waals surface area contributed by atoms with Gasteiger partial charge in [0.25, 0.3) is 0 Å². The van der Waals surface area contributed by atoms with E-state index in [2.05, 4.69) is 5.32 Å². The molecule has 6 heteroatoms. The lowest BCUT2D eigenvalue weighted by Crippen LogP contribution is -2.10. The largest absolute Gasteiger partial charge is 0.416 e. The van der Waals surface area contributed by atoms with E-state index < -0.39 is 11.7 Å². The van der Waals surface area contributed by atoms with Gasteiger partial charge >= 0.3 is 6.18 Å². The Labute approximate surface area is 119 Å². The van der Waals surface area contributed by atoms with E-state index in [1.165, 1.54) is 12.1 Å². The molecular formula is C15H14F4N2. The van der Waals surface area contributed by atoms with Crippen molar-refractivity contribution in [1.82, 2.24) is 0 Å². The standard InChI is InChI=1S/C15H14F4N2/c16-12-4-2-1-3-10(12)7-8-21-14-6-5-11(9-13(14)20)15(17,18)19/h1-6,9,21H,7-8,20H2. The quantitative estimate of drug-likeness (QED) is 0.659. The van der Waals surface area contributed by atoms with Gasteiger partial charge in [0.05, 0.1) is 16.9 Å². The maximum absolute atomic E-state index is 13.4. The molecule has 21 heavy (non-hydrogen) atoms. The number of anilines is 2. The number of rotatable bonds is 4. The van der Waals surface area contributed by atoms with Crippen molar-refractivity contribution in [3.05, 3.63) is 59.4 Å². The first-order valence-corrected chi connectivity index (χ1v) is 6.32. The van der Waals surface area contributed by atoms with Crippen LogP contribution >= 0.6 is 0 Å². The van der Waals surface area contributed by atoms with Gasteiger partial charge in [0.15, 0.2) is 0 Å². The van der Waals surface area contributed by atoms with Crippen LogP contribution in [0.2, 0.25) is 0 Å². The Kier molecular flexibility index (Phi) is 4.35. The van der Waals surface area contributed by atoms with Crippen molar-refractivity contribution in [2.45, 2.75) is 12.6 Å². The summed E-state index contributed by atoms with van der Waals surface area (Å²) in [5.41, 5.74) is 5.75. The molecule has 3 N–H and O–H groups in total. The third-order valence-electron chi connectivity index (χ3n) is 3.05. The van der Waals surface area contributed by atoms with E-state index in [4.69, 9.17) is 5.73 Å². The summed E-state index contributed by atoms with van der Waals surface area (Å²) in [6.07, 6.45) is -4.01. The van der Waals surface area contributed by atoms with Crippen molar-refractivity contribution in [3.8, 4) is 0 Å². The smallest absolute Gasteiger partial charge is 0.397 e. The lowest BCUT2D eigenvalue weighted by molar-refractivity contribution is -0.137. The molecule has 0 unspecified atom stereocenters. The molecule has 0 heterocycles. The third-order valence-corrected chi connectivity index (χ3v) is 3.05. The maximum atomic E-state index is 13.4. The summed E-state index contributed by atoms with van der Waals surface area (Å²) in [6, 6.07) is 9.46. The Morgan fingerprint density at radius 2 is 1.76 bits per heavy atom. The van der Waals surface area contributed by atoms with Crippen LogP contribution in [0, 0.1) is 5.82 Å². The number of nitrogens with one attached hydrogen (secondary N) is 1. The van der Waals surface area contributed by atoms with Crippen LogP contribution in [0.1, 0.15) is 11.1 Å². The molecule has 0 aliphatic heterocycles. The Bertz CT molecular complexity index is 623. The first-order chi connectivity index (χ1) is 9.88. The van der Waals surface area contributed by atoms with Crippen molar-refractivity contribution in [1.29, 1.82) is 0 Å². The van der Waals surface area contributed by atoms with Gasteiger partial charge < -0.3 is 11.1 Å². The molecule has 0 amide bonds. The van der Waals surface area contributed by atoms with E-state index in [1.54, 1.807) is 18.2 Å². The highest BCUT2D eigenvalue weighted by molar-refractivity contribution is 5.67. The summed E-state index contributed by atoms with van der Waals surface area (Å²) in [6.45, 7) is 0.372. The molecule has 112 valence electrons. The fraction of sp³-hybridized carbons (Fsp3) is 0.200. The van der Waals surface area contributed by atoms with Gasteiger partial charge in [-0.3, -0.25) is 0 Å². The van der Waals surface area contributed by atoms with Gasteiger partial charge in [0.1, 0.15) is 5.82 Å². The molecule has 0 aliphatic rings. The number of benzene rings is 2. The Balaban J connectivity index is 2.00. The van der Waals surface area contributed by atoms with Gasteiger partial charge in [0, 0.05) is 6.54 Å². The second-order valence-electron chi connectivity index (χ2n) is 4.57. The predicted octanol–water partition coefficient (Wildman–Crippen LogP) is 4.08. The number of nitrogen functional groups attached to an aromatic ring is 1. The van der Waals surface area contributed by atoms with Crippen molar-refractivity contribution in [3.63, 3.8) is 0 Å². The molecule has 0 saturated carbocycles. The number of nitrogens with two attached hydrogens (primary N) is 1. The summed E-state index contributed by atoms with van der Waals surface area (Å²) >= 11 is 0. The van der Waals surface area contributed by atoms with Crippen LogP contribution in [0.25, 0.3) is 0 Å². The molecule has 0 spiro atoms. The van der Waals surface area contributed by atoms with Gasteiger partial charge in [-0.15, -0.1) is 0 Å². The minimum atomic E-state index is -4.42. The van der Waals surface area contributed by atoms with Crippen LogP contribution in [0.3, 0.4) is 0 Å². The predicted molar refractivity (Wildman–Crippen MR) is 74.5 cm³/mol. The summed E-state index contributed by atoms with van der Waals surface area (Å²) in [5.74, 6) is -0.306. The Hall–Kier alpha value is -2.24. The maximum Gasteiger partial charge on any atom is 0.416 e. The van der Waals surface area contributed by atoms with E-state index >= 15 is 0 Å². The van der Waals surface area contributed by atoms with Crippen LogP contribution < -0.4 is 11.1 Å². The van der Waals surface area contributed by atoms with E-state index in [0.29, 0.717) is 24.2 Å². The second kappa shape index (κ2) is 6.03. The van der Waals surface area contributed by atoms with Crippen LogP contribution in [-0.2, 0) is 12.6 Å². The minimum Gasteiger partial charge on any atom is -0.397 e. The topological polar surface area (TPSA) is 38.0 Å². The second-order valence-corrected chi connectivity index (χ2v) is 4.57. The fourth-order valence-electron chi connectivity index (χ4n) is 1.93. The molecule has 0 aromatic heterocycles. The van der Waals surface area contributed by atoms with Crippen molar-refractivity contribution >= 4 is 11.4 Å². The molecule has 2 rings (SSSR count). The van der Waals surface area contributed by atoms with Gasteiger partial charge in [-0.05, 0) is 36.2 Å². The normalized spacial score (nSPS) is 11.4. The third kappa shape index (κ3) is 3.87. The molecule has 2 nitrogen and oxygen atoms in total. The van der Waals surface area contributed by atoms with Gasteiger partial charge in [-0.2, -0.15) is 13.2 Å². The molecule has 0 fully saturated rings. The van der Waals surface area contributed by atoms with Gasteiger partial charge in [-0.25, -0.2) is 4.39 Å². The average molecular weight is 298 g/mol. The SMILES string of the molecule is Nc1cc(C(F)(F)F)ccc1NCCc1ccccc1F.